The molecular weight excluding hydrogens is 400 g/mol. The standard InChI is InChI=1S/C23H30N2O4S/c1-17-5-6-18(2)21(15-17)30(27,28)25-13-11-23(3,12-14-25)22(26)24-16-19-7-9-20(29-4)10-8-19/h5-10,15H,11-14,16H2,1-4H3,(H,24,26). The van der Waals surface area contributed by atoms with Gasteiger partial charge in [-0.1, -0.05) is 31.2 Å². The van der Waals surface area contributed by atoms with Crippen LogP contribution in [0.2, 0.25) is 0 Å². The van der Waals surface area contributed by atoms with Crippen LogP contribution in [-0.4, -0.2) is 38.8 Å². The van der Waals surface area contributed by atoms with Crippen LogP contribution in [0.3, 0.4) is 0 Å². The molecule has 2 aromatic carbocycles. The molecule has 2 aromatic rings. The lowest BCUT2D eigenvalue weighted by Crippen LogP contribution is -2.48. The maximum atomic E-state index is 13.1. The van der Waals surface area contributed by atoms with Crippen molar-refractivity contribution in [3.05, 3.63) is 59.2 Å². The molecule has 1 amide bonds. The zero-order valence-electron chi connectivity index (χ0n) is 18.1. The minimum absolute atomic E-state index is 0.0397. The summed E-state index contributed by atoms with van der Waals surface area (Å²) in [6.45, 7) is 6.72. The van der Waals surface area contributed by atoms with Crippen molar-refractivity contribution in [2.45, 2.75) is 45.1 Å². The molecule has 162 valence electrons. The Morgan fingerprint density at radius 2 is 1.73 bits per heavy atom. The SMILES string of the molecule is COc1ccc(CNC(=O)C2(C)CCN(S(=O)(=O)c3cc(C)ccc3C)CC2)cc1. The lowest BCUT2D eigenvalue weighted by Gasteiger charge is -2.37. The van der Waals surface area contributed by atoms with Crippen molar-refractivity contribution in [1.29, 1.82) is 0 Å². The molecule has 0 aromatic heterocycles. The van der Waals surface area contributed by atoms with Gasteiger partial charge in [-0.2, -0.15) is 4.31 Å². The lowest BCUT2D eigenvalue weighted by atomic mass is 9.80. The summed E-state index contributed by atoms with van der Waals surface area (Å²) in [4.78, 5) is 13.2. The van der Waals surface area contributed by atoms with Gasteiger partial charge in [0.25, 0.3) is 0 Å². The second kappa shape index (κ2) is 8.78. The number of benzene rings is 2. The Morgan fingerprint density at radius 1 is 1.10 bits per heavy atom. The van der Waals surface area contributed by atoms with E-state index in [4.69, 9.17) is 4.74 Å². The van der Waals surface area contributed by atoms with E-state index < -0.39 is 15.4 Å². The number of methoxy groups -OCH3 is 1. The van der Waals surface area contributed by atoms with Crippen molar-refractivity contribution in [2.75, 3.05) is 20.2 Å². The Kier molecular flexibility index (Phi) is 6.53. The van der Waals surface area contributed by atoms with Gasteiger partial charge in [0.1, 0.15) is 5.75 Å². The zero-order valence-corrected chi connectivity index (χ0v) is 18.9. The van der Waals surface area contributed by atoms with Crippen molar-refractivity contribution in [2.24, 2.45) is 5.41 Å². The molecule has 1 fully saturated rings. The summed E-state index contributed by atoms with van der Waals surface area (Å²) in [5.74, 6) is 0.733. The van der Waals surface area contributed by atoms with Gasteiger partial charge in [0.15, 0.2) is 0 Å². The second-order valence-electron chi connectivity index (χ2n) is 8.26. The molecule has 0 radical (unpaired) electrons. The third-order valence-electron chi connectivity index (χ3n) is 5.95. The summed E-state index contributed by atoms with van der Waals surface area (Å²) in [5.41, 5.74) is 2.06. The normalized spacial score (nSPS) is 16.8. The van der Waals surface area contributed by atoms with Crippen LogP contribution in [0.5, 0.6) is 5.75 Å². The predicted molar refractivity (Wildman–Crippen MR) is 117 cm³/mol. The first kappa shape index (κ1) is 22.3. The minimum atomic E-state index is -3.56. The first-order chi connectivity index (χ1) is 14.2. The molecule has 0 saturated carbocycles. The van der Waals surface area contributed by atoms with Gasteiger partial charge in [-0.15, -0.1) is 0 Å². The summed E-state index contributed by atoms with van der Waals surface area (Å²) in [6, 6.07) is 13.0. The Labute approximate surface area is 179 Å². The van der Waals surface area contributed by atoms with Crippen molar-refractivity contribution in [1.82, 2.24) is 9.62 Å². The van der Waals surface area contributed by atoms with Gasteiger partial charge in [0.2, 0.25) is 15.9 Å². The van der Waals surface area contributed by atoms with E-state index in [1.807, 2.05) is 57.2 Å². The molecule has 0 atom stereocenters. The van der Waals surface area contributed by atoms with Crippen LogP contribution in [0, 0.1) is 19.3 Å². The number of carbonyl (C=O) groups excluding carboxylic acids is 1. The van der Waals surface area contributed by atoms with Crippen LogP contribution in [0.1, 0.15) is 36.5 Å². The van der Waals surface area contributed by atoms with Crippen LogP contribution in [0.15, 0.2) is 47.4 Å². The molecule has 1 aliphatic rings. The van der Waals surface area contributed by atoms with Crippen molar-refractivity contribution < 1.29 is 17.9 Å². The second-order valence-corrected chi connectivity index (χ2v) is 10.2. The molecule has 0 aliphatic carbocycles. The fraction of sp³-hybridized carbons (Fsp3) is 0.435. The largest absolute Gasteiger partial charge is 0.497 e. The fourth-order valence-corrected chi connectivity index (χ4v) is 5.46. The van der Waals surface area contributed by atoms with Gasteiger partial charge < -0.3 is 10.1 Å². The van der Waals surface area contributed by atoms with Crippen LogP contribution < -0.4 is 10.1 Å². The monoisotopic (exact) mass is 430 g/mol. The number of piperidine rings is 1. The van der Waals surface area contributed by atoms with E-state index in [2.05, 4.69) is 5.32 Å². The average Bonchev–Trinajstić information content (AvgIpc) is 2.74. The molecule has 0 unspecified atom stereocenters. The van der Waals surface area contributed by atoms with E-state index in [1.54, 1.807) is 13.2 Å². The number of aryl methyl sites for hydroxylation is 2. The number of ether oxygens (including phenoxy) is 1. The first-order valence-electron chi connectivity index (χ1n) is 10.1. The van der Waals surface area contributed by atoms with E-state index in [9.17, 15) is 13.2 Å². The maximum absolute atomic E-state index is 13.1. The number of carbonyl (C=O) groups is 1. The Hall–Kier alpha value is -2.38. The molecule has 1 aliphatic heterocycles. The number of rotatable bonds is 6. The van der Waals surface area contributed by atoms with E-state index in [-0.39, 0.29) is 5.91 Å². The van der Waals surface area contributed by atoms with Gasteiger partial charge in [-0.05, 0) is 61.6 Å². The fourth-order valence-electron chi connectivity index (χ4n) is 3.71. The topological polar surface area (TPSA) is 75.7 Å². The number of hydrogen-bond donors (Lipinski definition) is 1. The van der Waals surface area contributed by atoms with Gasteiger partial charge in [-0.25, -0.2) is 8.42 Å². The highest BCUT2D eigenvalue weighted by molar-refractivity contribution is 7.89. The van der Waals surface area contributed by atoms with Gasteiger partial charge in [0, 0.05) is 25.0 Å². The Bertz CT molecular complexity index is 1010. The molecule has 7 heteroatoms. The predicted octanol–water partition coefficient (Wildman–Crippen LogP) is 3.42. The third-order valence-corrected chi connectivity index (χ3v) is 7.99. The minimum Gasteiger partial charge on any atom is -0.497 e. The summed E-state index contributed by atoms with van der Waals surface area (Å²) in [5, 5.41) is 3.00. The number of nitrogens with one attached hydrogen (secondary N) is 1. The molecule has 1 N–H and O–H groups in total. The van der Waals surface area contributed by atoms with E-state index in [1.165, 1.54) is 4.31 Å². The molecular formula is C23H30N2O4S. The third kappa shape index (κ3) is 4.68. The molecule has 6 nitrogen and oxygen atoms in total. The Morgan fingerprint density at radius 3 is 2.33 bits per heavy atom. The van der Waals surface area contributed by atoms with Gasteiger partial charge >= 0.3 is 0 Å². The van der Waals surface area contributed by atoms with E-state index in [0.717, 1.165) is 22.4 Å². The molecule has 0 spiro atoms. The smallest absolute Gasteiger partial charge is 0.243 e. The molecule has 1 heterocycles. The molecule has 0 bridgehead atoms. The lowest BCUT2D eigenvalue weighted by molar-refractivity contribution is -0.132. The number of hydrogen-bond acceptors (Lipinski definition) is 4. The van der Waals surface area contributed by atoms with Gasteiger partial charge in [0.05, 0.1) is 12.0 Å². The van der Waals surface area contributed by atoms with Crippen LogP contribution in [-0.2, 0) is 21.4 Å². The summed E-state index contributed by atoms with van der Waals surface area (Å²) < 4.78 is 32.9. The van der Waals surface area contributed by atoms with Crippen LogP contribution in [0.25, 0.3) is 0 Å². The van der Waals surface area contributed by atoms with E-state index in [0.29, 0.717) is 37.4 Å². The van der Waals surface area contributed by atoms with Crippen molar-refractivity contribution in [3.8, 4) is 5.75 Å². The molecule has 1 saturated heterocycles. The highest BCUT2D eigenvalue weighted by atomic mass is 32.2. The Balaban J connectivity index is 1.62. The summed E-state index contributed by atoms with van der Waals surface area (Å²) >= 11 is 0. The van der Waals surface area contributed by atoms with Crippen LogP contribution >= 0.6 is 0 Å². The first-order valence-corrected chi connectivity index (χ1v) is 11.6. The van der Waals surface area contributed by atoms with Gasteiger partial charge in [-0.3, -0.25) is 4.79 Å². The summed E-state index contributed by atoms with van der Waals surface area (Å²) in [7, 11) is -1.95. The molecule has 30 heavy (non-hydrogen) atoms. The van der Waals surface area contributed by atoms with Crippen molar-refractivity contribution in [3.63, 3.8) is 0 Å². The molecule has 3 rings (SSSR count). The van der Waals surface area contributed by atoms with Crippen LogP contribution in [0.4, 0.5) is 0 Å². The quantitative estimate of drug-likeness (QED) is 0.762. The zero-order chi connectivity index (χ0) is 21.9. The van der Waals surface area contributed by atoms with Crippen molar-refractivity contribution >= 4 is 15.9 Å². The average molecular weight is 431 g/mol. The highest BCUT2D eigenvalue weighted by Gasteiger charge is 2.40. The number of amides is 1. The number of sulfonamides is 1. The maximum Gasteiger partial charge on any atom is 0.243 e. The highest BCUT2D eigenvalue weighted by Crippen LogP contribution is 2.34. The number of nitrogens with zero attached hydrogens (tertiary/aromatic N) is 1. The summed E-state index contributed by atoms with van der Waals surface area (Å²) in [6.07, 6.45) is 0.983. The van der Waals surface area contributed by atoms with E-state index >= 15 is 0 Å².